The number of nitrogens with one attached hydrogen (secondary N) is 1. The molecule has 1 aromatic heterocycles. The third kappa shape index (κ3) is 1.88. The molecule has 0 amide bonds. The van der Waals surface area contributed by atoms with Gasteiger partial charge in [0.15, 0.2) is 0 Å². The molecule has 0 fully saturated rings. The maximum absolute atomic E-state index is 11.0. The van der Waals surface area contributed by atoms with Crippen LogP contribution >= 0.6 is 0 Å². The first-order chi connectivity index (χ1) is 7.16. The minimum absolute atomic E-state index is 0.246. The van der Waals surface area contributed by atoms with Gasteiger partial charge in [-0.2, -0.15) is 0 Å². The lowest BCUT2D eigenvalue weighted by Crippen LogP contribution is -2.09. The Labute approximate surface area is 86.2 Å². The van der Waals surface area contributed by atoms with Crippen LogP contribution in [0.1, 0.15) is 5.56 Å². The molecule has 0 aliphatic heterocycles. The van der Waals surface area contributed by atoms with Gasteiger partial charge in [0.2, 0.25) is 0 Å². The maximum atomic E-state index is 11.0. The van der Waals surface area contributed by atoms with Gasteiger partial charge in [-0.3, -0.25) is 0 Å². The van der Waals surface area contributed by atoms with Crippen LogP contribution in [0, 0.1) is 6.92 Å². The molecule has 0 atom stereocenters. The summed E-state index contributed by atoms with van der Waals surface area (Å²) in [7, 11) is 0. The molecule has 1 heterocycles. The number of hydrogen-bond acceptors (Lipinski definition) is 3. The summed E-state index contributed by atoms with van der Waals surface area (Å²) in [4.78, 5) is 17.2. The summed E-state index contributed by atoms with van der Waals surface area (Å²) >= 11 is 0. The maximum Gasteiger partial charge on any atom is 0.345 e. The van der Waals surface area contributed by atoms with Crippen molar-refractivity contribution in [2.45, 2.75) is 6.92 Å². The van der Waals surface area contributed by atoms with E-state index in [9.17, 15) is 9.90 Å². The number of aryl methyl sites for hydroxylation is 1. The predicted octanol–water partition coefficient (Wildman–Crippen LogP) is 1.45. The van der Waals surface area contributed by atoms with E-state index in [4.69, 9.17) is 0 Å². The monoisotopic (exact) mass is 202 g/mol. The van der Waals surface area contributed by atoms with E-state index in [2.05, 4.69) is 9.97 Å². The number of hydrogen-bond donors (Lipinski definition) is 2. The van der Waals surface area contributed by atoms with Gasteiger partial charge >= 0.3 is 5.69 Å². The van der Waals surface area contributed by atoms with Gasteiger partial charge in [0.05, 0.1) is 5.69 Å². The average molecular weight is 202 g/mol. The molecule has 0 bridgehead atoms. The molecule has 4 nitrogen and oxygen atoms in total. The molecule has 0 saturated heterocycles. The molecule has 0 aliphatic rings. The average Bonchev–Trinajstić information content (AvgIpc) is 2.22. The van der Waals surface area contributed by atoms with E-state index in [1.165, 1.54) is 6.20 Å². The van der Waals surface area contributed by atoms with E-state index >= 15 is 0 Å². The highest BCUT2D eigenvalue weighted by molar-refractivity contribution is 5.61. The minimum atomic E-state index is -0.377. The van der Waals surface area contributed by atoms with Crippen LogP contribution in [0.4, 0.5) is 0 Å². The summed E-state index contributed by atoms with van der Waals surface area (Å²) in [6.07, 6.45) is 1.45. The van der Waals surface area contributed by atoms with Crippen molar-refractivity contribution in [3.8, 4) is 17.0 Å². The summed E-state index contributed by atoms with van der Waals surface area (Å²) in [5, 5.41) is 9.36. The number of aromatic nitrogens is 2. The lowest BCUT2D eigenvalue weighted by Gasteiger charge is -2.03. The van der Waals surface area contributed by atoms with Gasteiger partial charge in [0, 0.05) is 6.20 Å². The van der Waals surface area contributed by atoms with Crippen molar-refractivity contribution >= 4 is 0 Å². The summed E-state index contributed by atoms with van der Waals surface area (Å²) in [6, 6.07) is 6.87. The van der Waals surface area contributed by atoms with Crippen molar-refractivity contribution in [2.24, 2.45) is 0 Å². The molecule has 2 aromatic rings. The summed E-state index contributed by atoms with van der Waals surface area (Å²) in [5.41, 5.74) is 1.94. The second-order valence-corrected chi connectivity index (χ2v) is 3.29. The number of benzene rings is 1. The second-order valence-electron chi connectivity index (χ2n) is 3.29. The number of phenols is 1. The highest BCUT2D eigenvalue weighted by Gasteiger charge is 2.01. The zero-order valence-electron chi connectivity index (χ0n) is 8.19. The van der Waals surface area contributed by atoms with Gasteiger partial charge in [-0.15, -0.1) is 0 Å². The topological polar surface area (TPSA) is 66.0 Å². The number of H-pyrrole nitrogens is 1. The van der Waals surface area contributed by atoms with Crippen molar-refractivity contribution in [3.05, 3.63) is 46.5 Å². The van der Waals surface area contributed by atoms with Crippen LogP contribution in [0.25, 0.3) is 11.3 Å². The van der Waals surface area contributed by atoms with Crippen molar-refractivity contribution in [2.75, 3.05) is 0 Å². The van der Waals surface area contributed by atoms with Crippen LogP contribution in [-0.2, 0) is 0 Å². The van der Waals surface area contributed by atoms with E-state index in [0.29, 0.717) is 5.69 Å². The standard InChI is InChI=1S/C11H10N2O2/c1-7-6-8(2-3-10(7)14)9-4-5-12-11(15)13-9/h2-6,14H,1H3,(H,12,13,15). The fourth-order valence-corrected chi connectivity index (χ4v) is 1.36. The van der Waals surface area contributed by atoms with Gasteiger partial charge in [0.1, 0.15) is 5.75 Å². The van der Waals surface area contributed by atoms with E-state index in [1.54, 1.807) is 31.2 Å². The van der Waals surface area contributed by atoms with E-state index < -0.39 is 0 Å². The normalized spacial score (nSPS) is 10.2. The number of rotatable bonds is 1. The van der Waals surface area contributed by atoms with Crippen molar-refractivity contribution in [1.29, 1.82) is 0 Å². The van der Waals surface area contributed by atoms with Gasteiger partial charge in [-0.25, -0.2) is 9.78 Å². The minimum Gasteiger partial charge on any atom is -0.508 e. The van der Waals surface area contributed by atoms with Crippen molar-refractivity contribution in [3.63, 3.8) is 0 Å². The molecule has 1 aromatic carbocycles. The van der Waals surface area contributed by atoms with Crippen LogP contribution in [0.5, 0.6) is 5.75 Å². The highest BCUT2D eigenvalue weighted by atomic mass is 16.3. The lowest BCUT2D eigenvalue weighted by molar-refractivity contribution is 0.471. The summed E-state index contributed by atoms with van der Waals surface area (Å²) in [5.74, 6) is 0.246. The fraction of sp³-hybridized carbons (Fsp3) is 0.0909. The van der Waals surface area contributed by atoms with Crippen LogP contribution in [0.3, 0.4) is 0 Å². The summed E-state index contributed by atoms with van der Waals surface area (Å²) < 4.78 is 0. The first-order valence-electron chi connectivity index (χ1n) is 4.52. The van der Waals surface area contributed by atoms with Crippen LogP contribution in [0.15, 0.2) is 35.3 Å². The molecular weight excluding hydrogens is 192 g/mol. The van der Waals surface area contributed by atoms with Gasteiger partial charge in [-0.05, 0) is 42.3 Å². The molecule has 2 N–H and O–H groups in total. The molecular formula is C11H10N2O2. The van der Waals surface area contributed by atoms with Crippen molar-refractivity contribution in [1.82, 2.24) is 9.97 Å². The Bertz CT molecular complexity index is 546. The van der Waals surface area contributed by atoms with Gasteiger partial charge in [-0.1, -0.05) is 0 Å². The number of phenolic OH excluding ortho intramolecular Hbond substituents is 1. The Morgan fingerprint density at radius 3 is 2.80 bits per heavy atom. The SMILES string of the molecule is Cc1cc(-c2ccnc(=O)[nH]2)ccc1O. The summed E-state index contributed by atoms with van der Waals surface area (Å²) in [6.45, 7) is 1.80. The van der Waals surface area contributed by atoms with E-state index in [0.717, 1.165) is 11.1 Å². The number of aromatic hydroxyl groups is 1. The smallest absolute Gasteiger partial charge is 0.345 e. The second kappa shape index (κ2) is 3.57. The van der Waals surface area contributed by atoms with Crippen LogP contribution < -0.4 is 5.69 Å². The lowest BCUT2D eigenvalue weighted by atomic mass is 10.1. The molecule has 0 saturated carbocycles. The first-order valence-corrected chi connectivity index (χ1v) is 4.52. The molecule has 2 rings (SSSR count). The molecule has 76 valence electrons. The number of nitrogens with zero attached hydrogens (tertiary/aromatic N) is 1. The first kappa shape index (κ1) is 9.45. The molecule has 0 unspecified atom stereocenters. The largest absolute Gasteiger partial charge is 0.508 e. The Morgan fingerprint density at radius 2 is 2.13 bits per heavy atom. The molecule has 0 spiro atoms. The third-order valence-corrected chi connectivity index (χ3v) is 2.18. The quantitative estimate of drug-likeness (QED) is 0.735. The number of aromatic amines is 1. The highest BCUT2D eigenvalue weighted by Crippen LogP contribution is 2.22. The van der Waals surface area contributed by atoms with Crippen LogP contribution in [0.2, 0.25) is 0 Å². The van der Waals surface area contributed by atoms with E-state index in [1.807, 2.05) is 0 Å². The fourth-order valence-electron chi connectivity index (χ4n) is 1.36. The van der Waals surface area contributed by atoms with Crippen LogP contribution in [-0.4, -0.2) is 15.1 Å². The Kier molecular flexibility index (Phi) is 2.25. The molecule has 0 radical (unpaired) electrons. The van der Waals surface area contributed by atoms with Crippen molar-refractivity contribution < 1.29 is 5.11 Å². The Morgan fingerprint density at radius 1 is 1.33 bits per heavy atom. The third-order valence-electron chi connectivity index (χ3n) is 2.18. The van der Waals surface area contributed by atoms with Gasteiger partial charge in [0.25, 0.3) is 0 Å². The Balaban J connectivity index is 2.55. The zero-order valence-corrected chi connectivity index (χ0v) is 8.19. The Hall–Kier alpha value is -2.10. The van der Waals surface area contributed by atoms with Gasteiger partial charge < -0.3 is 10.1 Å². The molecule has 4 heteroatoms. The molecule has 0 aliphatic carbocycles. The molecule has 15 heavy (non-hydrogen) atoms. The van der Waals surface area contributed by atoms with E-state index in [-0.39, 0.29) is 11.4 Å². The zero-order chi connectivity index (χ0) is 10.8. The predicted molar refractivity (Wildman–Crippen MR) is 56.7 cm³/mol.